The maximum absolute atomic E-state index is 13.2. The van der Waals surface area contributed by atoms with Gasteiger partial charge in [0.15, 0.2) is 0 Å². The van der Waals surface area contributed by atoms with E-state index in [2.05, 4.69) is 0 Å². The Bertz CT molecular complexity index is 1040. The third-order valence-electron chi connectivity index (χ3n) is 6.92. The molecule has 172 valence electrons. The van der Waals surface area contributed by atoms with E-state index >= 15 is 0 Å². The number of hydrogen-bond acceptors (Lipinski definition) is 4. The van der Waals surface area contributed by atoms with Crippen LogP contribution in [0.25, 0.3) is 11.1 Å². The van der Waals surface area contributed by atoms with Gasteiger partial charge < -0.3 is 0 Å². The fraction of sp³-hybridized carbons (Fsp3) is 0.458. The first-order chi connectivity index (χ1) is 15.4. The topological polar surface area (TPSA) is 86.7 Å². The molecule has 0 aromatic heterocycles. The number of aryl methyl sites for hydroxylation is 1. The fourth-order valence-electron chi connectivity index (χ4n) is 5.23. The molecule has 0 bridgehead atoms. The number of hydrogen-bond donors (Lipinski definition) is 2. The minimum absolute atomic E-state index is 0.0296. The van der Waals surface area contributed by atoms with Gasteiger partial charge in [0.25, 0.3) is 5.91 Å². The number of fused-ring (bicyclic) bond motifs is 1. The zero-order valence-corrected chi connectivity index (χ0v) is 19.5. The molecular formula is C24H29ClN2O4S. The van der Waals surface area contributed by atoms with Crippen LogP contribution in [0.3, 0.4) is 0 Å². The maximum atomic E-state index is 13.2. The Hall–Kier alpha value is -1.93. The highest BCUT2D eigenvalue weighted by Gasteiger charge is 2.47. The smallest absolute Gasteiger partial charge is 0.262 e. The lowest BCUT2D eigenvalue weighted by Gasteiger charge is -2.45. The number of hydroxylamine groups is 1. The molecule has 0 spiro atoms. The normalized spacial score (nSPS) is 24.0. The van der Waals surface area contributed by atoms with E-state index < -0.39 is 22.0 Å². The van der Waals surface area contributed by atoms with Gasteiger partial charge in [-0.05, 0) is 59.9 Å². The highest BCUT2D eigenvalue weighted by Crippen LogP contribution is 2.41. The van der Waals surface area contributed by atoms with Crippen LogP contribution in [0.4, 0.5) is 0 Å². The second kappa shape index (κ2) is 9.91. The van der Waals surface area contributed by atoms with Crippen LogP contribution in [0.15, 0.2) is 48.5 Å². The van der Waals surface area contributed by atoms with Gasteiger partial charge in [-0.25, -0.2) is 13.9 Å². The second-order valence-electron chi connectivity index (χ2n) is 8.80. The van der Waals surface area contributed by atoms with Gasteiger partial charge >= 0.3 is 0 Å². The third-order valence-corrected chi connectivity index (χ3v) is 9.02. The van der Waals surface area contributed by atoms with Crippen LogP contribution >= 0.6 is 11.6 Å². The summed E-state index contributed by atoms with van der Waals surface area (Å²) in [6, 6.07) is 14.6. The molecule has 2 aromatic rings. The molecule has 0 radical (unpaired) electrons. The van der Waals surface area contributed by atoms with E-state index in [1.165, 1.54) is 4.31 Å². The minimum Gasteiger partial charge on any atom is -0.289 e. The summed E-state index contributed by atoms with van der Waals surface area (Å²) in [5, 5.41) is 9.96. The summed E-state index contributed by atoms with van der Waals surface area (Å²) in [6.07, 6.45) is 5.09. The summed E-state index contributed by atoms with van der Waals surface area (Å²) < 4.78 is 27.8. The van der Waals surface area contributed by atoms with Gasteiger partial charge in [-0.1, -0.05) is 67.3 Å². The number of piperidine rings is 1. The highest BCUT2D eigenvalue weighted by atomic mass is 35.5. The van der Waals surface area contributed by atoms with Gasteiger partial charge in [0.05, 0.1) is 5.75 Å². The Morgan fingerprint density at radius 1 is 1.00 bits per heavy atom. The first kappa shape index (κ1) is 23.2. The molecular weight excluding hydrogens is 448 g/mol. The summed E-state index contributed by atoms with van der Waals surface area (Å²) >= 11 is 5.95. The lowest BCUT2D eigenvalue weighted by molar-refractivity contribution is -0.137. The Morgan fingerprint density at radius 3 is 2.28 bits per heavy atom. The van der Waals surface area contributed by atoms with E-state index in [1.807, 2.05) is 48.5 Å². The minimum atomic E-state index is -3.66. The number of halogens is 1. The van der Waals surface area contributed by atoms with Crippen LogP contribution in [-0.2, 0) is 21.2 Å². The van der Waals surface area contributed by atoms with E-state index in [1.54, 1.807) is 5.48 Å². The number of benzene rings is 2. The molecule has 6 nitrogen and oxygen atoms in total. The maximum Gasteiger partial charge on any atom is 0.262 e. The average molecular weight is 477 g/mol. The summed E-state index contributed by atoms with van der Waals surface area (Å²) in [7, 11) is -3.66. The quantitative estimate of drug-likeness (QED) is 0.481. The van der Waals surface area contributed by atoms with Crippen molar-refractivity contribution in [3.8, 4) is 11.1 Å². The van der Waals surface area contributed by atoms with E-state index in [0.29, 0.717) is 23.9 Å². The Balaban J connectivity index is 1.46. The van der Waals surface area contributed by atoms with Crippen LogP contribution in [0, 0.1) is 11.8 Å². The van der Waals surface area contributed by atoms with Crippen LogP contribution in [-0.4, -0.2) is 42.2 Å². The Morgan fingerprint density at radius 2 is 1.62 bits per heavy atom. The molecule has 2 fully saturated rings. The number of carbonyl (C=O) groups is 1. The molecule has 2 aliphatic rings. The molecule has 1 aliphatic heterocycles. The Labute approximate surface area is 194 Å². The summed E-state index contributed by atoms with van der Waals surface area (Å²) in [5.74, 6) is -0.367. The van der Waals surface area contributed by atoms with Crippen molar-refractivity contribution in [1.82, 2.24) is 9.79 Å². The van der Waals surface area contributed by atoms with E-state index in [9.17, 15) is 18.4 Å². The molecule has 4 rings (SSSR count). The number of amides is 1. The van der Waals surface area contributed by atoms with Gasteiger partial charge in [0.1, 0.15) is 6.04 Å². The SMILES string of the molecule is O=C(NO)C1C2CCCCC2CCN1S(=O)(=O)CCc1ccc(-c2ccc(Cl)cc2)cc1. The number of nitrogens with one attached hydrogen (secondary N) is 1. The molecule has 1 heterocycles. The van der Waals surface area contributed by atoms with E-state index in [-0.39, 0.29) is 11.7 Å². The van der Waals surface area contributed by atoms with Crippen LogP contribution in [0.1, 0.15) is 37.7 Å². The summed E-state index contributed by atoms with van der Waals surface area (Å²) in [5.41, 5.74) is 4.71. The van der Waals surface area contributed by atoms with Gasteiger partial charge in [-0.15, -0.1) is 0 Å². The van der Waals surface area contributed by atoms with Gasteiger partial charge in [0, 0.05) is 11.6 Å². The standard InChI is InChI=1S/C24H29ClN2O4S/c25-21-11-9-19(10-12-21)18-7-5-17(6-8-18)14-16-32(30,31)27-15-13-20-3-1-2-4-22(20)23(27)24(28)26-29/h5-12,20,22-23,29H,1-4,13-16H2,(H,26,28). The second-order valence-corrected chi connectivity index (χ2v) is 11.3. The third kappa shape index (κ3) is 5.01. The molecule has 2 aromatic carbocycles. The predicted molar refractivity (Wildman–Crippen MR) is 125 cm³/mol. The van der Waals surface area contributed by atoms with Gasteiger partial charge in [-0.2, -0.15) is 4.31 Å². The van der Waals surface area contributed by atoms with Crippen molar-refractivity contribution in [3.63, 3.8) is 0 Å². The number of nitrogens with zero attached hydrogens (tertiary/aromatic N) is 1. The fourth-order valence-corrected chi connectivity index (χ4v) is 7.07. The lowest BCUT2D eigenvalue weighted by atomic mass is 9.71. The summed E-state index contributed by atoms with van der Waals surface area (Å²) in [4.78, 5) is 12.5. The molecule has 8 heteroatoms. The molecule has 1 aliphatic carbocycles. The number of carbonyl (C=O) groups excluding carboxylic acids is 1. The molecule has 1 amide bonds. The van der Waals surface area contributed by atoms with Gasteiger partial charge in [-0.3, -0.25) is 10.0 Å². The molecule has 32 heavy (non-hydrogen) atoms. The molecule has 2 N–H and O–H groups in total. The zero-order valence-electron chi connectivity index (χ0n) is 17.9. The predicted octanol–water partition coefficient (Wildman–Crippen LogP) is 4.27. The lowest BCUT2D eigenvalue weighted by Crippen LogP contribution is -2.58. The largest absolute Gasteiger partial charge is 0.289 e. The highest BCUT2D eigenvalue weighted by molar-refractivity contribution is 7.89. The number of sulfonamides is 1. The average Bonchev–Trinajstić information content (AvgIpc) is 2.82. The van der Waals surface area contributed by atoms with Crippen molar-refractivity contribution in [2.45, 2.75) is 44.6 Å². The van der Waals surface area contributed by atoms with Crippen LogP contribution in [0.2, 0.25) is 5.02 Å². The van der Waals surface area contributed by atoms with Crippen LogP contribution in [0.5, 0.6) is 0 Å². The number of rotatable bonds is 6. The van der Waals surface area contributed by atoms with Crippen molar-refractivity contribution in [2.75, 3.05) is 12.3 Å². The van der Waals surface area contributed by atoms with Crippen molar-refractivity contribution >= 4 is 27.5 Å². The van der Waals surface area contributed by atoms with Crippen LogP contribution < -0.4 is 5.48 Å². The van der Waals surface area contributed by atoms with Crippen molar-refractivity contribution in [3.05, 3.63) is 59.1 Å². The molecule has 3 atom stereocenters. The molecule has 1 saturated carbocycles. The molecule has 1 saturated heterocycles. The zero-order chi connectivity index (χ0) is 22.7. The van der Waals surface area contributed by atoms with Gasteiger partial charge in [0.2, 0.25) is 10.0 Å². The van der Waals surface area contributed by atoms with E-state index in [0.717, 1.165) is 48.8 Å². The van der Waals surface area contributed by atoms with Crippen molar-refractivity contribution < 1.29 is 18.4 Å². The molecule has 3 unspecified atom stereocenters. The monoisotopic (exact) mass is 476 g/mol. The summed E-state index contributed by atoms with van der Waals surface area (Å²) in [6.45, 7) is 0.330. The first-order valence-electron chi connectivity index (χ1n) is 11.2. The van der Waals surface area contributed by atoms with Crippen molar-refractivity contribution in [2.24, 2.45) is 11.8 Å². The Kier molecular flexibility index (Phi) is 7.20. The van der Waals surface area contributed by atoms with E-state index in [4.69, 9.17) is 11.6 Å². The van der Waals surface area contributed by atoms with Crippen molar-refractivity contribution in [1.29, 1.82) is 0 Å². The first-order valence-corrected chi connectivity index (χ1v) is 13.2.